The molecule has 1 aliphatic carbocycles. The van der Waals surface area contributed by atoms with Gasteiger partial charge in [0, 0.05) is 7.11 Å². The average Bonchev–Trinajstić information content (AvgIpc) is 2.94. The predicted molar refractivity (Wildman–Crippen MR) is 99.1 cm³/mol. The molecule has 1 aromatic rings. The lowest BCUT2D eigenvalue weighted by Crippen LogP contribution is -2.39. The maximum atomic E-state index is 12.3. The first kappa shape index (κ1) is 20.2. The lowest BCUT2D eigenvalue weighted by atomic mass is 9.95. The topological polar surface area (TPSA) is 72.8 Å². The van der Waals surface area contributed by atoms with E-state index in [1.807, 2.05) is 6.92 Å². The fourth-order valence-electron chi connectivity index (χ4n) is 3.39. The Morgan fingerprint density at radius 2 is 1.69 bits per heavy atom. The van der Waals surface area contributed by atoms with E-state index in [1.165, 1.54) is 38.4 Å². The molecular formula is C21H28O5. The summed E-state index contributed by atoms with van der Waals surface area (Å²) in [6.07, 6.45) is 5.36. The normalized spacial score (nSPS) is 17.1. The summed E-state index contributed by atoms with van der Waals surface area (Å²) in [5.74, 6) is -1.85. The number of carboxylic acid groups (broad SMARTS) is 1. The summed E-state index contributed by atoms with van der Waals surface area (Å²) in [4.78, 5) is 24.0. The first-order valence-corrected chi connectivity index (χ1v) is 9.22. The van der Waals surface area contributed by atoms with Gasteiger partial charge in [-0.25, -0.2) is 9.59 Å². The van der Waals surface area contributed by atoms with E-state index in [2.05, 4.69) is 0 Å². The zero-order valence-electron chi connectivity index (χ0n) is 15.6. The Kier molecular flexibility index (Phi) is 7.85. The van der Waals surface area contributed by atoms with Gasteiger partial charge in [0.1, 0.15) is 6.10 Å². The minimum absolute atomic E-state index is 0.326. The van der Waals surface area contributed by atoms with Crippen molar-refractivity contribution < 1.29 is 24.2 Å². The third-order valence-electron chi connectivity index (χ3n) is 4.95. The molecular weight excluding hydrogens is 332 g/mol. The van der Waals surface area contributed by atoms with Crippen molar-refractivity contribution in [3.8, 4) is 0 Å². The molecule has 0 aromatic heterocycles. The molecule has 2 rings (SSSR count). The van der Waals surface area contributed by atoms with Gasteiger partial charge in [0.25, 0.3) is 0 Å². The maximum Gasteiger partial charge on any atom is 0.347 e. The van der Waals surface area contributed by atoms with E-state index in [-0.39, 0.29) is 0 Å². The number of hydrogen-bond acceptors (Lipinski definition) is 4. The lowest BCUT2D eigenvalue weighted by Gasteiger charge is -2.24. The first-order valence-electron chi connectivity index (χ1n) is 9.22. The Hall–Kier alpha value is -2.14. The Labute approximate surface area is 155 Å². The number of allylic oxidation sites excluding steroid dienone is 1. The Morgan fingerprint density at radius 3 is 2.23 bits per heavy atom. The van der Waals surface area contributed by atoms with Crippen LogP contribution in [0.5, 0.6) is 0 Å². The molecule has 5 heteroatoms. The van der Waals surface area contributed by atoms with Crippen molar-refractivity contribution in [3.05, 3.63) is 47.0 Å². The van der Waals surface area contributed by atoms with Crippen molar-refractivity contribution in [1.82, 2.24) is 0 Å². The zero-order valence-corrected chi connectivity index (χ0v) is 15.6. The largest absolute Gasteiger partial charge is 0.478 e. The quantitative estimate of drug-likeness (QED) is 0.444. The number of rotatable bonds is 7. The van der Waals surface area contributed by atoms with Gasteiger partial charge in [0.15, 0.2) is 0 Å². The van der Waals surface area contributed by atoms with Crippen molar-refractivity contribution in [2.24, 2.45) is 0 Å². The molecule has 142 valence electrons. The molecule has 1 saturated carbocycles. The number of methoxy groups -OCH3 is 1. The Balaban J connectivity index is 2.11. The van der Waals surface area contributed by atoms with Gasteiger partial charge in [0.2, 0.25) is 6.10 Å². The highest BCUT2D eigenvalue weighted by atomic mass is 16.6. The number of ether oxygens (including phenoxy) is 2. The highest BCUT2D eigenvalue weighted by molar-refractivity contribution is 5.91. The molecule has 2 atom stereocenters. The number of carbonyl (C=O) groups excluding carboxylic acids is 1. The standard InChI is InChI=1S/C21H28O5/c1-15(16-10-6-3-4-7-11-16)14-18(25-2)19(20(22)23)26-21(24)17-12-8-5-9-13-17/h5,8-9,12-13,18-19H,3-4,6-7,10-11,14H2,1-2H3,(H,22,23). The highest BCUT2D eigenvalue weighted by Gasteiger charge is 2.33. The molecule has 5 nitrogen and oxygen atoms in total. The van der Waals surface area contributed by atoms with Gasteiger partial charge in [-0.3, -0.25) is 0 Å². The van der Waals surface area contributed by atoms with E-state index < -0.39 is 24.1 Å². The van der Waals surface area contributed by atoms with Crippen LogP contribution in [-0.2, 0) is 14.3 Å². The Morgan fingerprint density at radius 1 is 1.08 bits per heavy atom. The summed E-state index contributed by atoms with van der Waals surface area (Å²) in [6.45, 7) is 2.03. The zero-order chi connectivity index (χ0) is 18.9. The van der Waals surface area contributed by atoms with E-state index >= 15 is 0 Å². The number of carboxylic acids is 1. The molecule has 0 spiro atoms. The van der Waals surface area contributed by atoms with Crippen LogP contribution in [0.15, 0.2) is 41.5 Å². The fourth-order valence-corrected chi connectivity index (χ4v) is 3.39. The van der Waals surface area contributed by atoms with E-state index in [0.717, 1.165) is 18.4 Å². The smallest absolute Gasteiger partial charge is 0.347 e. The monoisotopic (exact) mass is 360 g/mol. The van der Waals surface area contributed by atoms with Crippen molar-refractivity contribution >= 4 is 11.9 Å². The van der Waals surface area contributed by atoms with Crippen molar-refractivity contribution in [3.63, 3.8) is 0 Å². The average molecular weight is 360 g/mol. The SMILES string of the molecule is COC(CC(C)=C1CCCCCC1)C(OC(=O)c1ccccc1)C(=O)O. The third-order valence-corrected chi connectivity index (χ3v) is 4.95. The molecule has 0 heterocycles. The van der Waals surface area contributed by atoms with Crippen LogP contribution in [0.25, 0.3) is 0 Å². The lowest BCUT2D eigenvalue weighted by molar-refractivity contribution is -0.155. The van der Waals surface area contributed by atoms with E-state index in [4.69, 9.17) is 9.47 Å². The van der Waals surface area contributed by atoms with Crippen LogP contribution in [0.2, 0.25) is 0 Å². The van der Waals surface area contributed by atoms with Gasteiger partial charge < -0.3 is 14.6 Å². The maximum absolute atomic E-state index is 12.3. The number of carbonyl (C=O) groups is 2. The molecule has 1 N–H and O–H groups in total. The van der Waals surface area contributed by atoms with Crippen molar-refractivity contribution in [1.29, 1.82) is 0 Å². The highest BCUT2D eigenvalue weighted by Crippen LogP contribution is 2.28. The van der Waals surface area contributed by atoms with Gasteiger partial charge in [-0.15, -0.1) is 0 Å². The molecule has 0 saturated heterocycles. The third kappa shape index (κ3) is 5.70. The number of hydrogen-bond donors (Lipinski definition) is 1. The minimum atomic E-state index is -1.34. The van der Waals surface area contributed by atoms with Gasteiger partial charge in [-0.2, -0.15) is 0 Å². The number of esters is 1. The molecule has 0 radical (unpaired) electrons. The fraction of sp³-hybridized carbons (Fsp3) is 0.524. The second kappa shape index (κ2) is 10.1. The molecule has 1 fully saturated rings. The van der Waals surface area contributed by atoms with Crippen LogP contribution in [0.1, 0.15) is 62.2 Å². The van der Waals surface area contributed by atoms with E-state index in [0.29, 0.717) is 12.0 Å². The second-order valence-electron chi connectivity index (χ2n) is 6.81. The molecule has 0 bridgehead atoms. The predicted octanol–water partition coefficient (Wildman–Crippen LogP) is 4.37. The Bertz CT molecular complexity index is 625. The van der Waals surface area contributed by atoms with Crippen LogP contribution in [0.4, 0.5) is 0 Å². The second-order valence-corrected chi connectivity index (χ2v) is 6.81. The van der Waals surface area contributed by atoms with Crippen LogP contribution in [0.3, 0.4) is 0 Å². The summed E-state index contributed by atoms with van der Waals surface area (Å²) < 4.78 is 10.7. The summed E-state index contributed by atoms with van der Waals surface area (Å²) in [5.41, 5.74) is 2.87. The molecule has 0 aliphatic heterocycles. The molecule has 1 aliphatic rings. The van der Waals surface area contributed by atoms with Crippen molar-refractivity contribution in [2.75, 3.05) is 7.11 Å². The summed E-state index contributed by atoms with van der Waals surface area (Å²) in [7, 11) is 1.46. The summed E-state index contributed by atoms with van der Waals surface area (Å²) in [5, 5.41) is 9.57. The van der Waals surface area contributed by atoms with Crippen LogP contribution in [-0.4, -0.2) is 36.4 Å². The summed E-state index contributed by atoms with van der Waals surface area (Å²) >= 11 is 0. The summed E-state index contributed by atoms with van der Waals surface area (Å²) in [6, 6.07) is 8.40. The molecule has 0 amide bonds. The van der Waals surface area contributed by atoms with E-state index in [9.17, 15) is 14.7 Å². The van der Waals surface area contributed by atoms with Gasteiger partial charge in [-0.1, -0.05) is 42.2 Å². The first-order chi connectivity index (χ1) is 12.5. The van der Waals surface area contributed by atoms with E-state index in [1.54, 1.807) is 30.3 Å². The van der Waals surface area contributed by atoms with Crippen LogP contribution in [0, 0.1) is 0 Å². The number of aliphatic carboxylic acids is 1. The van der Waals surface area contributed by atoms with Crippen LogP contribution < -0.4 is 0 Å². The van der Waals surface area contributed by atoms with Gasteiger partial charge >= 0.3 is 11.9 Å². The molecule has 2 unspecified atom stereocenters. The molecule has 1 aromatic carbocycles. The van der Waals surface area contributed by atoms with Crippen molar-refractivity contribution in [2.45, 2.75) is 64.1 Å². The van der Waals surface area contributed by atoms with Gasteiger partial charge in [0.05, 0.1) is 5.56 Å². The number of benzene rings is 1. The molecule has 26 heavy (non-hydrogen) atoms. The van der Waals surface area contributed by atoms with Gasteiger partial charge in [-0.05, 0) is 51.2 Å². The van der Waals surface area contributed by atoms with Crippen LogP contribution >= 0.6 is 0 Å². The minimum Gasteiger partial charge on any atom is -0.478 e.